The summed E-state index contributed by atoms with van der Waals surface area (Å²) in [6.07, 6.45) is -4.19. The van der Waals surface area contributed by atoms with Gasteiger partial charge in [0.15, 0.2) is 0 Å². The number of urea groups is 1. The van der Waals surface area contributed by atoms with Gasteiger partial charge in [-0.25, -0.2) is 4.79 Å². The number of ketones is 1. The highest BCUT2D eigenvalue weighted by Gasteiger charge is 2.31. The van der Waals surface area contributed by atoms with Crippen LogP contribution in [0.15, 0.2) is 64.8 Å². The van der Waals surface area contributed by atoms with Gasteiger partial charge in [0.25, 0.3) is 0 Å². The molecule has 7 nitrogen and oxygen atoms in total. The SMILES string of the molecule is CCC(C)c1ccc(C(=N)N(CCC(F)(F)F)C(=O)NC/C(N)=C2\CCC(=O)CC2=NCc2ccccc2Cl)cc1. The molecule has 0 saturated heterocycles. The smallest absolute Gasteiger partial charge is 0.390 e. The topological polar surface area (TPSA) is 112 Å². The Balaban J connectivity index is 1.78. The van der Waals surface area contributed by atoms with Crippen LogP contribution in [0.4, 0.5) is 18.0 Å². The summed E-state index contributed by atoms with van der Waals surface area (Å²) in [5.74, 6) is -0.0550. The van der Waals surface area contributed by atoms with Crippen molar-refractivity contribution in [3.8, 4) is 0 Å². The van der Waals surface area contributed by atoms with Crippen LogP contribution in [0, 0.1) is 5.41 Å². The summed E-state index contributed by atoms with van der Waals surface area (Å²) in [6.45, 7) is 3.43. The van der Waals surface area contributed by atoms with Crippen molar-refractivity contribution in [2.24, 2.45) is 10.7 Å². The second-order valence-corrected chi connectivity index (χ2v) is 10.4. The zero-order chi connectivity index (χ0) is 30.2. The summed E-state index contributed by atoms with van der Waals surface area (Å²) in [6, 6.07) is 13.2. The molecule has 1 saturated carbocycles. The molecular formula is C30H35ClF3N5O2. The van der Waals surface area contributed by atoms with Crippen LogP contribution in [0.5, 0.6) is 0 Å². The van der Waals surface area contributed by atoms with Crippen molar-refractivity contribution in [3.63, 3.8) is 0 Å². The largest absolute Gasteiger partial charge is 0.400 e. The number of rotatable bonds is 9. The van der Waals surface area contributed by atoms with E-state index in [1.54, 1.807) is 24.3 Å². The number of carbonyl (C=O) groups excluding carboxylic acids is 2. The molecule has 220 valence electrons. The molecule has 0 spiro atoms. The van der Waals surface area contributed by atoms with Gasteiger partial charge in [0.2, 0.25) is 0 Å². The Morgan fingerprint density at radius 3 is 2.49 bits per heavy atom. The number of halogens is 4. The summed E-state index contributed by atoms with van der Waals surface area (Å²) in [5.41, 5.74) is 9.82. The molecule has 1 aliphatic rings. The van der Waals surface area contributed by atoms with E-state index in [0.29, 0.717) is 28.3 Å². The van der Waals surface area contributed by atoms with Crippen LogP contribution in [0.25, 0.3) is 0 Å². The van der Waals surface area contributed by atoms with Crippen LogP contribution in [0.1, 0.15) is 68.6 Å². The van der Waals surface area contributed by atoms with Gasteiger partial charge in [-0.2, -0.15) is 13.2 Å². The molecule has 0 radical (unpaired) electrons. The number of carbonyl (C=O) groups is 2. The maximum atomic E-state index is 13.1. The molecule has 3 rings (SSSR count). The molecule has 41 heavy (non-hydrogen) atoms. The first-order chi connectivity index (χ1) is 19.4. The molecule has 1 atom stereocenters. The van der Waals surface area contributed by atoms with Crippen LogP contribution >= 0.6 is 11.6 Å². The lowest BCUT2D eigenvalue weighted by Crippen LogP contribution is -2.46. The third-order valence-electron chi connectivity index (χ3n) is 7.08. The maximum Gasteiger partial charge on any atom is 0.390 e. The Hall–Kier alpha value is -3.66. The monoisotopic (exact) mass is 589 g/mol. The fourth-order valence-corrected chi connectivity index (χ4v) is 4.58. The third kappa shape index (κ3) is 9.18. The molecule has 0 bridgehead atoms. The minimum atomic E-state index is -4.51. The Labute approximate surface area is 243 Å². The highest BCUT2D eigenvalue weighted by atomic mass is 35.5. The van der Waals surface area contributed by atoms with Gasteiger partial charge < -0.3 is 11.1 Å². The van der Waals surface area contributed by atoms with Crippen LogP contribution in [0.2, 0.25) is 5.02 Å². The summed E-state index contributed by atoms with van der Waals surface area (Å²) in [5, 5.41) is 11.6. The number of aliphatic imine (C=N–C) groups is 1. The van der Waals surface area contributed by atoms with E-state index in [2.05, 4.69) is 17.2 Å². The molecule has 2 aromatic rings. The molecule has 0 aliphatic heterocycles. The van der Waals surface area contributed by atoms with Crippen molar-refractivity contribution in [2.45, 2.75) is 64.6 Å². The summed E-state index contributed by atoms with van der Waals surface area (Å²) in [7, 11) is 0. The van der Waals surface area contributed by atoms with Crippen LogP contribution in [-0.2, 0) is 11.3 Å². The number of alkyl halides is 3. The molecule has 0 aromatic heterocycles. The van der Waals surface area contributed by atoms with Crippen molar-refractivity contribution in [3.05, 3.63) is 81.5 Å². The average molecular weight is 590 g/mol. The fourth-order valence-electron chi connectivity index (χ4n) is 4.38. The minimum Gasteiger partial charge on any atom is -0.400 e. The number of Topliss-reactive ketones (excluding diaryl/α,β-unsaturated/α-hetero) is 1. The predicted octanol–water partition coefficient (Wildman–Crippen LogP) is 6.75. The molecule has 4 N–H and O–H groups in total. The van der Waals surface area contributed by atoms with Gasteiger partial charge in [0.1, 0.15) is 11.6 Å². The van der Waals surface area contributed by atoms with Crippen molar-refractivity contribution in [2.75, 3.05) is 13.1 Å². The quantitative estimate of drug-likeness (QED) is 0.222. The molecule has 2 amide bonds. The van der Waals surface area contributed by atoms with Crippen molar-refractivity contribution < 1.29 is 22.8 Å². The van der Waals surface area contributed by atoms with E-state index in [0.717, 1.165) is 22.4 Å². The van der Waals surface area contributed by atoms with Crippen molar-refractivity contribution in [1.29, 1.82) is 5.41 Å². The first-order valence-electron chi connectivity index (χ1n) is 13.5. The highest BCUT2D eigenvalue weighted by Crippen LogP contribution is 2.24. The van der Waals surface area contributed by atoms with Gasteiger partial charge >= 0.3 is 12.2 Å². The molecule has 0 heterocycles. The molecule has 2 aromatic carbocycles. The summed E-state index contributed by atoms with van der Waals surface area (Å²) < 4.78 is 39.2. The number of hydrogen-bond donors (Lipinski definition) is 3. The average Bonchev–Trinajstić information content (AvgIpc) is 2.94. The van der Waals surface area contributed by atoms with Gasteiger partial charge in [-0.05, 0) is 41.5 Å². The number of nitrogens with one attached hydrogen (secondary N) is 2. The number of allylic oxidation sites excluding steroid dienone is 1. The number of nitrogens with zero attached hydrogens (tertiary/aromatic N) is 2. The van der Waals surface area contributed by atoms with Gasteiger partial charge in [-0.15, -0.1) is 0 Å². The van der Waals surface area contributed by atoms with Gasteiger partial charge in [-0.3, -0.25) is 20.1 Å². The standard InChI is InChI=1S/C30H35ClF3N5O2/c1-3-19(2)20-8-10-21(11-9-20)28(36)39(15-14-30(32,33)34)29(41)38-18-26(35)24-13-12-23(40)16-27(24)37-17-22-6-4-5-7-25(22)31/h4-11,19,36H,3,12-18,35H2,1-2H3,(H,38,41)/b26-24-,36-28?,37-27?. The summed E-state index contributed by atoms with van der Waals surface area (Å²) in [4.78, 5) is 30.6. The van der Waals surface area contributed by atoms with E-state index >= 15 is 0 Å². The van der Waals surface area contributed by atoms with E-state index in [1.165, 1.54) is 0 Å². The number of hydrogen-bond acceptors (Lipinski definition) is 5. The van der Waals surface area contributed by atoms with Gasteiger partial charge in [0.05, 0.1) is 19.5 Å². The third-order valence-corrected chi connectivity index (χ3v) is 7.45. The first-order valence-corrected chi connectivity index (χ1v) is 13.8. The van der Waals surface area contributed by atoms with Crippen molar-refractivity contribution in [1.82, 2.24) is 10.2 Å². The predicted molar refractivity (Wildman–Crippen MR) is 155 cm³/mol. The number of amides is 2. The van der Waals surface area contributed by atoms with Gasteiger partial charge in [0, 0.05) is 41.4 Å². The zero-order valence-corrected chi connectivity index (χ0v) is 23.9. The Morgan fingerprint density at radius 1 is 1.17 bits per heavy atom. The van der Waals surface area contributed by atoms with E-state index in [-0.39, 0.29) is 49.2 Å². The zero-order valence-electron chi connectivity index (χ0n) is 23.2. The van der Waals surface area contributed by atoms with Crippen LogP contribution < -0.4 is 11.1 Å². The molecule has 1 unspecified atom stereocenters. The fraction of sp³-hybridized carbons (Fsp3) is 0.400. The Bertz CT molecular complexity index is 1320. The first kappa shape index (κ1) is 31.9. The molecule has 1 fully saturated rings. The van der Waals surface area contributed by atoms with Crippen LogP contribution in [-0.4, -0.2) is 47.5 Å². The lowest BCUT2D eigenvalue weighted by Gasteiger charge is -2.25. The Kier molecular flexibility index (Phi) is 11.1. The Morgan fingerprint density at radius 2 is 1.85 bits per heavy atom. The molecule has 1 aliphatic carbocycles. The summed E-state index contributed by atoms with van der Waals surface area (Å²) >= 11 is 6.22. The van der Waals surface area contributed by atoms with E-state index in [1.807, 2.05) is 31.2 Å². The highest BCUT2D eigenvalue weighted by molar-refractivity contribution is 6.31. The second-order valence-electron chi connectivity index (χ2n) is 10.0. The van der Waals surface area contributed by atoms with E-state index < -0.39 is 25.2 Å². The molecule has 11 heteroatoms. The molecular weight excluding hydrogens is 555 g/mol. The number of benzene rings is 2. The van der Waals surface area contributed by atoms with E-state index in [4.69, 9.17) is 22.7 Å². The normalized spacial score (nSPS) is 16.8. The number of nitrogens with two attached hydrogens (primary N) is 1. The van der Waals surface area contributed by atoms with Crippen molar-refractivity contribution >= 4 is 35.0 Å². The number of amidine groups is 1. The van der Waals surface area contributed by atoms with Gasteiger partial charge in [-0.1, -0.05) is 67.9 Å². The lowest BCUT2D eigenvalue weighted by atomic mass is 9.90. The van der Waals surface area contributed by atoms with E-state index in [9.17, 15) is 22.8 Å². The minimum absolute atomic E-state index is 0.00890. The van der Waals surface area contributed by atoms with Crippen LogP contribution in [0.3, 0.4) is 0 Å². The lowest BCUT2D eigenvalue weighted by molar-refractivity contribution is -0.135. The maximum absolute atomic E-state index is 13.1. The second kappa shape index (κ2) is 14.3.